The van der Waals surface area contributed by atoms with Crippen molar-refractivity contribution in [3.05, 3.63) is 11.2 Å². The van der Waals surface area contributed by atoms with Crippen LogP contribution >= 0.6 is 11.6 Å². The second kappa shape index (κ2) is 8.08. The van der Waals surface area contributed by atoms with E-state index in [9.17, 15) is 18.0 Å². The molecule has 10 heteroatoms. The van der Waals surface area contributed by atoms with Crippen LogP contribution in [0, 0.1) is 5.92 Å². The third kappa shape index (κ3) is 4.75. The van der Waals surface area contributed by atoms with Gasteiger partial charge < -0.3 is 15.5 Å². The molecule has 3 rings (SSSR count). The van der Waals surface area contributed by atoms with Crippen molar-refractivity contribution in [3.8, 4) is 0 Å². The lowest BCUT2D eigenvalue weighted by molar-refractivity contribution is -0.156. The van der Waals surface area contributed by atoms with Crippen molar-refractivity contribution in [2.75, 3.05) is 23.8 Å². The number of aromatic nitrogens is 2. The first-order valence-electron chi connectivity index (χ1n) is 9.14. The lowest BCUT2D eigenvalue weighted by Crippen LogP contribution is -2.54. The summed E-state index contributed by atoms with van der Waals surface area (Å²) in [6.07, 6.45) is -0.390. The van der Waals surface area contributed by atoms with Gasteiger partial charge in [-0.3, -0.25) is 4.79 Å². The van der Waals surface area contributed by atoms with Crippen molar-refractivity contribution in [2.45, 2.75) is 56.8 Å². The quantitative estimate of drug-likeness (QED) is 0.751. The maximum Gasteiger partial charge on any atom is 0.408 e. The Morgan fingerprint density at radius 1 is 1.22 bits per heavy atom. The average molecular weight is 406 g/mol. The standard InChI is InChI=1S/C17H23ClF3N5O/c1-22-16-24-13(18)8-14(25-16)26-9-10(6-7-12(26)17(19,20)21)15(27)23-11-4-2-3-5-11/h8,10-12H,2-7,9H2,1H3,(H,23,27)(H,22,24,25). The minimum atomic E-state index is -4.43. The molecule has 2 unspecified atom stereocenters. The van der Waals surface area contributed by atoms with Gasteiger partial charge in [-0.05, 0) is 25.7 Å². The second-order valence-electron chi connectivity index (χ2n) is 7.10. The van der Waals surface area contributed by atoms with Gasteiger partial charge in [0, 0.05) is 25.7 Å². The zero-order valence-electron chi connectivity index (χ0n) is 15.0. The molecule has 0 aromatic carbocycles. The van der Waals surface area contributed by atoms with Gasteiger partial charge in [-0.25, -0.2) is 4.98 Å². The fraction of sp³-hybridized carbons (Fsp3) is 0.706. The predicted octanol–water partition coefficient (Wildman–Crippen LogP) is 3.38. The average Bonchev–Trinajstić information content (AvgIpc) is 3.12. The van der Waals surface area contributed by atoms with Crippen LogP contribution < -0.4 is 15.5 Å². The van der Waals surface area contributed by atoms with Gasteiger partial charge in [-0.2, -0.15) is 18.2 Å². The molecule has 0 spiro atoms. The van der Waals surface area contributed by atoms with E-state index in [1.807, 2.05) is 0 Å². The van der Waals surface area contributed by atoms with Gasteiger partial charge >= 0.3 is 6.18 Å². The molecule has 2 N–H and O–H groups in total. The summed E-state index contributed by atoms with van der Waals surface area (Å²) in [7, 11) is 1.56. The van der Waals surface area contributed by atoms with Crippen LogP contribution in [0.15, 0.2) is 6.07 Å². The zero-order chi connectivity index (χ0) is 19.6. The van der Waals surface area contributed by atoms with Crippen molar-refractivity contribution in [1.82, 2.24) is 15.3 Å². The highest BCUT2D eigenvalue weighted by Crippen LogP contribution is 2.37. The van der Waals surface area contributed by atoms with E-state index in [1.54, 1.807) is 7.05 Å². The highest BCUT2D eigenvalue weighted by atomic mass is 35.5. The Balaban J connectivity index is 1.82. The number of hydrogen-bond donors (Lipinski definition) is 2. The predicted molar refractivity (Wildman–Crippen MR) is 96.9 cm³/mol. The Kier molecular flexibility index (Phi) is 5.98. The Bertz CT molecular complexity index is 681. The van der Waals surface area contributed by atoms with E-state index in [-0.39, 0.29) is 48.3 Å². The Morgan fingerprint density at radius 2 is 1.93 bits per heavy atom. The smallest absolute Gasteiger partial charge is 0.357 e. The fourth-order valence-corrected chi connectivity index (χ4v) is 4.01. The van der Waals surface area contributed by atoms with Crippen molar-refractivity contribution in [2.24, 2.45) is 5.92 Å². The second-order valence-corrected chi connectivity index (χ2v) is 7.48. The van der Waals surface area contributed by atoms with E-state index >= 15 is 0 Å². The molecule has 27 heavy (non-hydrogen) atoms. The SMILES string of the molecule is CNc1nc(Cl)cc(N2CC(C(=O)NC3CCCC3)CCC2C(F)(F)F)n1. The monoisotopic (exact) mass is 405 g/mol. The summed E-state index contributed by atoms with van der Waals surface area (Å²) in [6, 6.07) is -0.266. The van der Waals surface area contributed by atoms with Gasteiger partial charge in [0.05, 0.1) is 5.92 Å². The van der Waals surface area contributed by atoms with E-state index in [1.165, 1.54) is 6.07 Å². The van der Waals surface area contributed by atoms with Gasteiger partial charge in [0.2, 0.25) is 11.9 Å². The minimum absolute atomic E-state index is 0.0443. The molecular formula is C17H23ClF3N5O. The number of amides is 1. The molecule has 2 heterocycles. The topological polar surface area (TPSA) is 70.2 Å². The summed E-state index contributed by atoms with van der Waals surface area (Å²) in [5.41, 5.74) is 0. The molecule has 2 atom stereocenters. The van der Waals surface area contributed by atoms with Crippen LogP contribution in [0.3, 0.4) is 0 Å². The molecule has 1 saturated heterocycles. The normalized spacial score (nSPS) is 24.1. The van der Waals surface area contributed by atoms with Crippen molar-refractivity contribution in [3.63, 3.8) is 0 Å². The summed E-state index contributed by atoms with van der Waals surface area (Å²) in [6.45, 7) is -0.0563. The summed E-state index contributed by atoms with van der Waals surface area (Å²) in [5, 5.41) is 5.72. The van der Waals surface area contributed by atoms with Crippen LogP contribution in [-0.4, -0.2) is 47.7 Å². The van der Waals surface area contributed by atoms with Crippen molar-refractivity contribution in [1.29, 1.82) is 0 Å². The van der Waals surface area contributed by atoms with Crippen LogP contribution in [-0.2, 0) is 4.79 Å². The molecule has 1 aliphatic heterocycles. The maximum absolute atomic E-state index is 13.6. The molecule has 150 valence electrons. The van der Waals surface area contributed by atoms with Gasteiger partial charge in [0.15, 0.2) is 0 Å². The molecule has 2 aliphatic rings. The van der Waals surface area contributed by atoms with E-state index in [2.05, 4.69) is 20.6 Å². The third-order valence-corrected chi connectivity index (χ3v) is 5.42. The summed E-state index contributed by atoms with van der Waals surface area (Å²) >= 11 is 5.94. The number of piperidine rings is 1. The number of hydrogen-bond acceptors (Lipinski definition) is 5. The number of carbonyl (C=O) groups is 1. The van der Waals surface area contributed by atoms with Gasteiger partial charge in [0.1, 0.15) is 17.0 Å². The molecule has 0 bridgehead atoms. The zero-order valence-corrected chi connectivity index (χ0v) is 15.8. The first kappa shape index (κ1) is 20.0. The lowest BCUT2D eigenvalue weighted by Gasteiger charge is -2.40. The van der Waals surface area contributed by atoms with E-state index in [4.69, 9.17) is 11.6 Å². The number of alkyl halides is 3. The number of carbonyl (C=O) groups excluding carboxylic acids is 1. The van der Waals surface area contributed by atoms with Crippen LogP contribution in [0.1, 0.15) is 38.5 Å². The lowest BCUT2D eigenvalue weighted by atomic mass is 9.91. The maximum atomic E-state index is 13.6. The molecule has 2 fully saturated rings. The highest BCUT2D eigenvalue weighted by molar-refractivity contribution is 6.29. The van der Waals surface area contributed by atoms with E-state index in [0.717, 1.165) is 30.6 Å². The molecule has 1 aromatic rings. The Hall–Kier alpha value is -1.77. The fourth-order valence-electron chi connectivity index (χ4n) is 3.83. The molecule has 1 aromatic heterocycles. The molecule has 1 amide bonds. The number of anilines is 2. The van der Waals surface area contributed by atoms with Crippen molar-refractivity contribution < 1.29 is 18.0 Å². The molecule has 6 nitrogen and oxygen atoms in total. The molecule has 1 aliphatic carbocycles. The van der Waals surface area contributed by atoms with Gasteiger partial charge in [0.25, 0.3) is 0 Å². The van der Waals surface area contributed by atoms with Gasteiger partial charge in [-0.1, -0.05) is 24.4 Å². The molecule has 0 radical (unpaired) electrons. The van der Waals surface area contributed by atoms with Crippen LogP contribution in [0.4, 0.5) is 24.9 Å². The van der Waals surface area contributed by atoms with E-state index < -0.39 is 18.1 Å². The third-order valence-electron chi connectivity index (χ3n) is 5.23. The largest absolute Gasteiger partial charge is 0.408 e. The van der Waals surface area contributed by atoms with Crippen LogP contribution in [0.2, 0.25) is 5.15 Å². The molecule has 1 saturated carbocycles. The minimum Gasteiger partial charge on any atom is -0.357 e. The van der Waals surface area contributed by atoms with Gasteiger partial charge in [-0.15, -0.1) is 0 Å². The van der Waals surface area contributed by atoms with E-state index in [0.29, 0.717) is 0 Å². The summed E-state index contributed by atoms with van der Waals surface area (Å²) < 4.78 is 40.7. The highest BCUT2D eigenvalue weighted by Gasteiger charge is 2.48. The molecular weight excluding hydrogens is 383 g/mol. The first-order valence-corrected chi connectivity index (χ1v) is 9.52. The number of nitrogens with zero attached hydrogens (tertiary/aromatic N) is 3. The summed E-state index contributed by atoms with van der Waals surface area (Å²) in [5.74, 6) is -0.492. The summed E-state index contributed by atoms with van der Waals surface area (Å²) in [4.78, 5) is 21.8. The number of rotatable bonds is 4. The Labute approximate surface area is 160 Å². The first-order chi connectivity index (χ1) is 12.8. The van der Waals surface area contributed by atoms with Crippen LogP contribution in [0.25, 0.3) is 0 Å². The Morgan fingerprint density at radius 3 is 2.56 bits per heavy atom. The van der Waals surface area contributed by atoms with Crippen LogP contribution in [0.5, 0.6) is 0 Å². The van der Waals surface area contributed by atoms with Crippen molar-refractivity contribution >= 4 is 29.3 Å². The number of halogens is 4. The number of nitrogens with one attached hydrogen (secondary N) is 2.